The van der Waals surface area contributed by atoms with Crippen LogP contribution in [-0.4, -0.2) is 60.7 Å². The third-order valence-corrected chi connectivity index (χ3v) is 5.59. The molecule has 1 fully saturated rings. The monoisotopic (exact) mass is 448 g/mol. The number of amides is 1. The van der Waals surface area contributed by atoms with Crippen molar-refractivity contribution < 1.29 is 9.53 Å². The van der Waals surface area contributed by atoms with Gasteiger partial charge in [-0.2, -0.15) is 10.1 Å². The minimum absolute atomic E-state index is 0.0551. The van der Waals surface area contributed by atoms with Crippen molar-refractivity contribution in [2.45, 2.75) is 18.5 Å². The Morgan fingerprint density at radius 2 is 2.15 bits per heavy atom. The number of primary amides is 1. The number of anilines is 3. The lowest BCUT2D eigenvalue weighted by molar-refractivity contribution is 0.0751. The van der Waals surface area contributed by atoms with Gasteiger partial charge in [0.2, 0.25) is 5.95 Å². The van der Waals surface area contributed by atoms with Crippen LogP contribution in [0.1, 0.15) is 16.9 Å². The second-order valence-corrected chi connectivity index (χ2v) is 7.90. The summed E-state index contributed by atoms with van der Waals surface area (Å²) in [5.41, 5.74) is 14.2. The van der Waals surface area contributed by atoms with Gasteiger partial charge in [-0.15, -0.1) is 10.2 Å². The molecule has 12 heteroatoms. The molecule has 0 spiro atoms. The Bertz CT molecular complexity index is 1310. The van der Waals surface area contributed by atoms with E-state index < -0.39 is 5.91 Å². The molecule has 0 unspecified atom stereocenters. The van der Waals surface area contributed by atoms with Gasteiger partial charge < -0.3 is 31.4 Å². The molecule has 5 rings (SSSR count). The molecule has 0 bridgehead atoms. The summed E-state index contributed by atoms with van der Waals surface area (Å²) in [6.07, 6.45) is 6.39. The first kappa shape index (κ1) is 20.8. The summed E-state index contributed by atoms with van der Waals surface area (Å²) in [6, 6.07) is 7.52. The number of nitrogens with one attached hydrogen (secondary N) is 2. The van der Waals surface area contributed by atoms with Crippen molar-refractivity contribution in [3.63, 3.8) is 0 Å². The molecule has 3 aromatic heterocycles. The Balaban J connectivity index is 1.49. The highest BCUT2D eigenvalue weighted by molar-refractivity contribution is 5.99. The SMILES string of the molecule is Cn1cc(-n2ccc3c(Nc4nc(N[C@@H]5CCOC[C@@H]5N)nnc4C(N)=O)cccc32)cn1. The third-order valence-electron chi connectivity index (χ3n) is 5.59. The molecule has 33 heavy (non-hydrogen) atoms. The number of ether oxygens (including phenoxy) is 1. The van der Waals surface area contributed by atoms with E-state index in [1.165, 1.54) is 0 Å². The molecule has 0 radical (unpaired) electrons. The van der Waals surface area contributed by atoms with E-state index in [-0.39, 0.29) is 29.5 Å². The summed E-state index contributed by atoms with van der Waals surface area (Å²) in [6.45, 7) is 1.05. The molecule has 6 N–H and O–H groups in total. The van der Waals surface area contributed by atoms with E-state index in [1.54, 1.807) is 10.9 Å². The highest BCUT2D eigenvalue weighted by Gasteiger charge is 2.24. The molecule has 1 aliphatic heterocycles. The lowest BCUT2D eigenvalue weighted by Gasteiger charge is -2.29. The fourth-order valence-corrected chi connectivity index (χ4v) is 3.91. The largest absolute Gasteiger partial charge is 0.380 e. The van der Waals surface area contributed by atoms with Crippen LogP contribution in [0.15, 0.2) is 42.9 Å². The molecule has 1 aliphatic rings. The second kappa shape index (κ2) is 8.48. The van der Waals surface area contributed by atoms with Gasteiger partial charge in [0.1, 0.15) is 0 Å². The fraction of sp³-hybridized carbons (Fsp3) is 0.286. The number of aryl methyl sites for hydroxylation is 1. The lowest BCUT2D eigenvalue weighted by Crippen LogP contribution is -2.48. The van der Waals surface area contributed by atoms with Crippen molar-refractivity contribution in [3.8, 4) is 5.69 Å². The van der Waals surface area contributed by atoms with Crippen LogP contribution in [0.25, 0.3) is 16.6 Å². The predicted octanol–water partition coefficient (Wildman–Crippen LogP) is 0.920. The lowest BCUT2D eigenvalue weighted by atomic mass is 10.1. The van der Waals surface area contributed by atoms with Crippen LogP contribution in [0.3, 0.4) is 0 Å². The number of rotatable bonds is 6. The first-order valence-corrected chi connectivity index (χ1v) is 10.5. The smallest absolute Gasteiger partial charge is 0.273 e. The molecule has 170 valence electrons. The molecule has 12 nitrogen and oxygen atoms in total. The quantitative estimate of drug-likeness (QED) is 0.336. The first-order chi connectivity index (χ1) is 16.0. The van der Waals surface area contributed by atoms with Gasteiger partial charge >= 0.3 is 0 Å². The summed E-state index contributed by atoms with van der Waals surface area (Å²) < 4.78 is 9.15. The van der Waals surface area contributed by atoms with Crippen LogP contribution in [0.5, 0.6) is 0 Å². The summed E-state index contributed by atoms with van der Waals surface area (Å²) in [5, 5.41) is 19.6. The molecule has 4 heterocycles. The number of nitrogens with zero attached hydrogens (tertiary/aromatic N) is 6. The topological polar surface area (TPSA) is 164 Å². The molecular weight excluding hydrogens is 424 g/mol. The zero-order valence-corrected chi connectivity index (χ0v) is 18.0. The average Bonchev–Trinajstić information content (AvgIpc) is 3.42. The number of carbonyl (C=O) groups excluding carboxylic acids is 1. The minimum Gasteiger partial charge on any atom is -0.380 e. The van der Waals surface area contributed by atoms with Crippen LogP contribution < -0.4 is 22.1 Å². The van der Waals surface area contributed by atoms with Gasteiger partial charge in [0.15, 0.2) is 11.5 Å². The Morgan fingerprint density at radius 1 is 1.27 bits per heavy atom. The normalized spacial score (nSPS) is 18.4. The van der Waals surface area contributed by atoms with Gasteiger partial charge in [-0.05, 0) is 24.6 Å². The van der Waals surface area contributed by atoms with Crippen molar-refractivity contribution in [1.29, 1.82) is 0 Å². The number of aromatic nitrogens is 6. The molecule has 1 saturated heterocycles. The summed E-state index contributed by atoms with van der Waals surface area (Å²) >= 11 is 0. The van der Waals surface area contributed by atoms with Crippen molar-refractivity contribution in [2.75, 3.05) is 23.8 Å². The van der Waals surface area contributed by atoms with Gasteiger partial charge in [0.25, 0.3) is 5.91 Å². The van der Waals surface area contributed by atoms with Gasteiger partial charge in [0, 0.05) is 49.2 Å². The summed E-state index contributed by atoms with van der Waals surface area (Å²) in [5.74, 6) is -0.265. The molecule has 0 saturated carbocycles. The first-order valence-electron chi connectivity index (χ1n) is 10.5. The number of nitrogens with two attached hydrogens (primary N) is 2. The molecule has 0 aliphatic carbocycles. The number of hydrogen-bond acceptors (Lipinski definition) is 9. The standard InChI is InChI=1S/C21H24N10O2/c1-30-10-12(9-24-30)31-7-5-13-15(3-2-4-17(13)31)25-20-18(19(23)32)28-29-21(27-20)26-16-6-8-33-11-14(16)22/h2-5,7,9-10,14,16H,6,8,11,22H2,1H3,(H2,23,32)(H2,25,26,27,29)/t14-,16+/m0/s1. The zero-order valence-electron chi connectivity index (χ0n) is 18.0. The van der Waals surface area contributed by atoms with Crippen LogP contribution in [0, 0.1) is 0 Å². The van der Waals surface area contributed by atoms with Gasteiger partial charge in [-0.1, -0.05) is 6.07 Å². The summed E-state index contributed by atoms with van der Waals surface area (Å²) in [4.78, 5) is 16.5. The fourth-order valence-electron chi connectivity index (χ4n) is 3.91. The predicted molar refractivity (Wildman–Crippen MR) is 122 cm³/mol. The van der Waals surface area contributed by atoms with E-state index in [2.05, 4.69) is 30.9 Å². The van der Waals surface area contributed by atoms with Crippen LogP contribution >= 0.6 is 0 Å². The van der Waals surface area contributed by atoms with Crippen molar-refractivity contribution in [1.82, 2.24) is 29.5 Å². The van der Waals surface area contributed by atoms with Crippen molar-refractivity contribution in [3.05, 3.63) is 48.5 Å². The van der Waals surface area contributed by atoms with E-state index in [0.717, 1.165) is 22.3 Å². The van der Waals surface area contributed by atoms with Crippen molar-refractivity contribution in [2.24, 2.45) is 18.5 Å². The van der Waals surface area contributed by atoms with E-state index in [1.807, 2.05) is 48.3 Å². The van der Waals surface area contributed by atoms with E-state index >= 15 is 0 Å². The molecule has 4 aromatic rings. The molecule has 2 atom stereocenters. The Kier molecular flexibility index (Phi) is 5.36. The van der Waals surface area contributed by atoms with E-state index in [4.69, 9.17) is 16.2 Å². The number of carbonyl (C=O) groups is 1. The Labute approximate surface area is 188 Å². The van der Waals surface area contributed by atoms with Crippen LogP contribution in [0.2, 0.25) is 0 Å². The molecular formula is C21H24N10O2. The Morgan fingerprint density at radius 3 is 2.91 bits per heavy atom. The highest BCUT2D eigenvalue weighted by Crippen LogP contribution is 2.29. The number of benzene rings is 1. The Hall–Kier alpha value is -4.03. The van der Waals surface area contributed by atoms with Crippen molar-refractivity contribution >= 4 is 34.3 Å². The van der Waals surface area contributed by atoms with Gasteiger partial charge in [0.05, 0.1) is 24.0 Å². The maximum Gasteiger partial charge on any atom is 0.273 e. The minimum atomic E-state index is -0.730. The maximum atomic E-state index is 12.0. The average molecular weight is 448 g/mol. The molecule has 1 amide bonds. The second-order valence-electron chi connectivity index (χ2n) is 7.90. The molecule has 1 aromatic carbocycles. The third kappa shape index (κ3) is 4.08. The van der Waals surface area contributed by atoms with Gasteiger partial charge in [-0.3, -0.25) is 9.48 Å². The summed E-state index contributed by atoms with van der Waals surface area (Å²) in [7, 11) is 1.87. The van der Waals surface area contributed by atoms with Crippen LogP contribution in [0.4, 0.5) is 17.5 Å². The highest BCUT2D eigenvalue weighted by atomic mass is 16.5. The number of fused-ring (bicyclic) bond motifs is 1. The maximum absolute atomic E-state index is 12.0. The van der Waals surface area contributed by atoms with E-state index in [9.17, 15) is 4.79 Å². The van der Waals surface area contributed by atoms with E-state index in [0.29, 0.717) is 19.6 Å². The van der Waals surface area contributed by atoms with Gasteiger partial charge in [-0.25, -0.2) is 0 Å². The van der Waals surface area contributed by atoms with Crippen LogP contribution in [-0.2, 0) is 11.8 Å². The zero-order chi connectivity index (χ0) is 22.9. The number of hydrogen-bond donors (Lipinski definition) is 4.